The maximum atomic E-state index is 10.2. The van der Waals surface area contributed by atoms with Crippen molar-refractivity contribution < 1.29 is 19.8 Å². The molecule has 31 heavy (non-hydrogen) atoms. The van der Waals surface area contributed by atoms with Crippen molar-refractivity contribution in [3.63, 3.8) is 0 Å². The number of benzene rings is 2. The number of aromatic nitrogens is 4. The molecule has 2 aromatic heterocycles. The molecule has 0 spiro atoms. The smallest absolute Gasteiger partial charge is 0.108 e. The summed E-state index contributed by atoms with van der Waals surface area (Å²) in [6, 6.07) is 20.3. The van der Waals surface area contributed by atoms with Gasteiger partial charge < -0.3 is 15.5 Å². The summed E-state index contributed by atoms with van der Waals surface area (Å²) in [6.07, 6.45) is 9.11. The van der Waals surface area contributed by atoms with Crippen molar-refractivity contribution in [2.75, 3.05) is 12.5 Å². The zero-order chi connectivity index (χ0) is 22.1. The molecule has 0 unspecified atom stereocenters. The lowest BCUT2D eigenvalue weighted by Gasteiger charge is -2.20. The number of aromatic amines is 1. The van der Waals surface area contributed by atoms with E-state index in [2.05, 4.69) is 31.4 Å². The van der Waals surface area contributed by atoms with Crippen molar-refractivity contribution in [1.82, 2.24) is 19.5 Å². The van der Waals surface area contributed by atoms with E-state index in [0.717, 1.165) is 29.5 Å². The van der Waals surface area contributed by atoms with Crippen LogP contribution in [0.4, 0.5) is 0 Å². The lowest BCUT2D eigenvalue weighted by Crippen LogP contribution is -2.29. The van der Waals surface area contributed by atoms with Crippen LogP contribution in [-0.4, -0.2) is 46.0 Å². The van der Waals surface area contributed by atoms with Crippen molar-refractivity contribution in [1.29, 1.82) is 0 Å². The minimum Gasteiger partial charge on any atom is -1.00 e. The van der Waals surface area contributed by atoms with Gasteiger partial charge in [-0.15, -0.1) is 4.33 Å². The summed E-state index contributed by atoms with van der Waals surface area (Å²) in [6.45, 7) is 0. The van der Waals surface area contributed by atoms with Crippen LogP contribution in [0.15, 0.2) is 85.7 Å². The zero-order valence-corrected chi connectivity index (χ0v) is 17.9. The van der Waals surface area contributed by atoms with Gasteiger partial charge in [-0.05, 0) is 5.56 Å². The SMILES string of the molecule is C.CS(C)(=O)(O)OO.Cn1cnc(-c2ccccc2)c1.[2H-].c1ccc(-c2cnc[nH]2)cc1. The van der Waals surface area contributed by atoms with E-state index in [1.165, 1.54) is 5.56 Å². The minimum absolute atomic E-state index is 0. The average Bonchev–Trinajstić information content (AvgIpc) is 3.41. The summed E-state index contributed by atoms with van der Waals surface area (Å²) in [4.78, 5) is 11.2. The molecule has 8 nitrogen and oxygen atoms in total. The molecule has 2 heterocycles. The highest BCUT2D eigenvalue weighted by Crippen LogP contribution is 2.15. The first kappa shape index (κ1) is 25.9. The second kappa shape index (κ2) is 11.3. The summed E-state index contributed by atoms with van der Waals surface area (Å²) < 4.78 is 23.8. The molecule has 0 radical (unpaired) electrons. The molecular formula is C22H31N4O4S-. The average molecular weight is 449 g/mol. The Morgan fingerprint density at radius 2 is 1.55 bits per heavy atom. The summed E-state index contributed by atoms with van der Waals surface area (Å²) in [7, 11) is -2.09. The second-order valence-electron chi connectivity index (χ2n) is 6.85. The molecule has 0 fully saturated rings. The lowest BCUT2D eigenvalue weighted by atomic mass is 10.2. The van der Waals surface area contributed by atoms with Crippen LogP contribution in [0.25, 0.3) is 22.5 Å². The summed E-state index contributed by atoms with van der Waals surface area (Å²) in [5, 5.41) is 7.65. The molecule has 0 aliphatic rings. The van der Waals surface area contributed by atoms with Crippen molar-refractivity contribution in [2.45, 2.75) is 7.43 Å². The molecule has 0 bridgehead atoms. The molecule has 3 N–H and O–H groups in total. The third-order valence-electron chi connectivity index (χ3n) is 3.57. The largest absolute Gasteiger partial charge is 1.00 e. The van der Waals surface area contributed by atoms with Gasteiger partial charge in [0.05, 0.1) is 30.2 Å². The molecule has 0 aliphatic heterocycles. The molecule has 0 atom stereocenters. The maximum Gasteiger partial charge on any atom is 0.108 e. The highest BCUT2D eigenvalue weighted by atomic mass is 32.3. The highest BCUT2D eigenvalue weighted by Gasteiger charge is 2.18. The second-order valence-corrected chi connectivity index (χ2v) is 10.3. The first-order valence-electron chi connectivity index (χ1n) is 8.91. The number of rotatable bonds is 3. The normalized spacial score (nSPS) is 11.5. The van der Waals surface area contributed by atoms with Gasteiger partial charge in [-0.2, -0.15) is 0 Å². The molecule has 0 amide bonds. The number of hydrogen-bond acceptors (Lipinski definition) is 5. The predicted molar refractivity (Wildman–Crippen MR) is 127 cm³/mol. The van der Waals surface area contributed by atoms with Crippen LogP contribution in [0.5, 0.6) is 0 Å². The molecule has 4 rings (SSSR count). The summed E-state index contributed by atoms with van der Waals surface area (Å²) in [5.74, 6) is 0. The summed E-state index contributed by atoms with van der Waals surface area (Å²) >= 11 is 0. The number of nitrogens with one attached hydrogen (secondary N) is 1. The van der Waals surface area contributed by atoms with E-state index in [4.69, 9.17) is 9.81 Å². The Balaban J connectivity index is 0.000000453. The quantitative estimate of drug-likeness (QED) is 0.305. The number of nitrogens with zero attached hydrogens (tertiary/aromatic N) is 3. The van der Waals surface area contributed by atoms with Gasteiger partial charge in [0.1, 0.15) is 9.63 Å². The zero-order valence-electron chi connectivity index (χ0n) is 18.0. The van der Waals surface area contributed by atoms with E-state index in [1.54, 1.807) is 6.33 Å². The number of aryl methyl sites for hydroxylation is 1. The van der Waals surface area contributed by atoms with Crippen molar-refractivity contribution in [3.8, 4) is 22.5 Å². The van der Waals surface area contributed by atoms with Gasteiger partial charge in [0, 0.05) is 31.3 Å². The molecule has 0 saturated carbocycles. The Labute approximate surface area is 184 Å². The van der Waals surface area contributed by atoms with Gasteiger partial charge >= 0.3 is 0 Å². The summed E-state index contributed by atoms with van der Waals surface area (Å²) in [5.41, 5.74) is 4.42. The Kier molecular flexibility index (Phi) is 9.47. The molecule has 9 heteroatoms. The molecule has 0 aliphatic carbocycles. The standard InChI is InChI=1S/C10H10N2.C9H8N2.C2H8O4S.CH4.H/c1-12-7-10(11-8-12)9-5-3-2-4-6-9;1-2-4-8(5-3-1)9-6-10-7-11-9;1-7(2,4,5)6-3;;/h2-8H,1H3;1-7H,(H,10,11);3H,1-2H3,(H,4,5);1H4;/q;;;;-1/i;;;;1+1. The molecular weight excluding hydrogens is 416 g/mol. The monoisotopic (exact) mass is 448 g/mol. The van der Waals surface area contributed by atoms with E-state index in [1.807, 2.05) is 78.9 Å². The minimum atomic E-state index is -4.06. The fourth-order valence-electron chi connectivity index (χ4n) is 2.20. The first-order valence-corrected chi connectivity index (χ1v) is 11.6. The van der Waals surface area contributed by atoms with Crippen LogP contribution < -0.4 is 0 Å². The van der Waals surface area contributed by atoms with Crippen LogP contribution in [0.1, 0.15) is 8.85 Å². The van der Waals surface area contributed by atoms with Crippen LogP contribution in [-0.2, 0) is 21.0 Å². The Bertz CT molecular complexity index is 1070. The van der Waals surface area contributed by atoms with E-state index in [0.29, 0.717) is 0 Å². The van der Waals surface area contributed by atoms with Crippen LogP contribution in [0.2, 0.25) is 0 Å². The predicted octanol–water partition coefficient (Wildman–Crippen LogP) is 4.86. The first-order chi connectivity index (χ1) is 14.1. The highest BCUT2D eigenvalue weighted by molar-refractivity contribution is 8.09. The molecule has 170 valence electrons. The number of H-pyrrole nitrogens is 1. The fraction of sp³-hybridized carbons (Fsp3) is 0.182. The van der Waals surface area contributed by atoms with Gasteiger partial charge in [-0.1, -0.05) is 68.1 Å². The maximum absolute atomic E-state index is 10.2. The van der Waals surface area contributed by atoms with Crippen LogP contribution in [0, 0.1) is 0 Å². The van der Waals surface area contributed by atoms with Gasteiger partial charge in [0.15, 0.2) is 0 Å². The molecule has 4 aromatic rings. The lowest BCUT2D eigenvalue weighted by molar-refractivity contribution is -0.141. The molecule has 0 saturated heterocycles. The number of imidazole rings is 2. The third kappa shape index (κ3) is 9.96. The van der Waals surface area contributed by atoms with Crippen molar-refractivity contribution >= 4 is 9.63 Å². The third-order valence-corrected chi connectivity index (χ3v) is 4.00. The van der Waals surface area contributed by atoms with Crippen LogP contribution >= 0.6 is 0 Å². The van der Waals surface area contributed by atoms with E-state index in [9.17, 15) is 4.21 Å². The van der Waals surface area contributed by atoms with E-state index in [-0.39, 0.29) is 8.85 Å². The number of hydrogen-bond donors (Lipinski definition) is 3. The van der Waals surface area contributed by atoms with Gasteiger partial charge in [-0.3, -0.25) is 0 Å². The Morgan fingerprint density at radius 3 is 1.94 bits per heavy atom. The van der Waals surface area contributed by atoms with E-state index >= 15 is 0 Å². The Hall–Kier alpha value is -3.11. The topological polar surface area (TPSA) is 113 Å². The molecule has 2 aromatic carbocycles. The van der Waals surface area contributed by atoms with Gasteiger partial charge in [-0.25, -0.2) is 19.4 Å². The van der Waals surface area contributed by atoms with Crippen molar-refractivity contribution in [2.24, 2.45) is 7.05 Å². The van der Waals surface area contributed by atoms with E-state index < -0.39 is 9.63 Å². The van der Waals surface area contributed by atoms with Gasteiger partial charge in [0.25, 0.3) is 0 Å². The fourth-order valence-corrected chi connectivity index (χ4v) is 2.20. The van der Waals surface area contributed by atoms with Crippen molar-refractivity contribution in [3.05, 3.63) is 85.7 Å². The Morgan fingerprint density at radius 1 is 1.03 bits per heavy atom. The van der Waals surface area contributed by atoms with Crippen LogP contribution in [0.3, 0.4) is 0 Å². The van der Waals surface area contributed by atoms with Gasteiger partial charge in [0.2, 0.25) is 0 Å².